The largest absolute Gasteiger partial charge is 0.497 e. The van der Waals surface area contributed by atoms with Crippen LogP contribution in [0.3, 0.4) is 0 Å². The number of nitrogens with zero attached hydrogens (tertiary/aromatic N) is 1. The molecule has 2 aromatic carbocycles. The lowest BCUT2D eigenvalue weighted by atomic mass is 10.1. The summed E-state index contributed by atoms with van der Waals surface area (Å²) in [7, 11) is 1.65. The van der Waals surface area contributed by atoms with E-state index in [1.165, 1.54) is 11.6 Å². The second-order valence-electron chi connectivity index (χ2n) is 6.23. The molecule has 1 amide bonds. The van der Waals surface area contributed by atoms with Gasteiger partial charge in [0, 0.05) is 18.7 Å². The van der Waals surface area contributed by atoms with Gasteiger partial charge >= 0.3 is 0 Å². The molecule has 1 heterocycles. The van der Waals surface area contributed by atoms with Crippen molar-refractivity contribution in [3.63, 3.8) is 0 Å². The zero-order chi connectivity index (χ0) is 19.8. The summed E-state index contributed by atoms with van der Waals surface area (Å²) in [5.74, 6) is 0.155. The van der Waals surface area contributed by atoms with Crippen LogP contribution < -0.4 is 15.4 Å². The van der Waals surface area contributed by atoms with Gasteiger partial charge in [-0.15, -0.1) is 0 Å². The Labute approximate surface area is 163 Å². The minimum absolute atomic E-state index is 0.119. The van der Waals surface area contributed by atoms with E-state index in [-0.39, 0.29) is 24.0 Å². The van der Waals surface area contributed by atoms with Crippen LogP contribution in [0.15, 0.2) is 66.9 Å². The molecular formula is C22H22FN3O2. The molecule has 0 spiro atoms. The molecule has 0 radical (unpaired) electrons. The van der Waals surface area contributed by atoms with Crippen molar-refractivity contribution in [1.29, 1.82) is 0 Å². The topological polar surface area (TPSA) is 63.2 Å². The van der Waals surface area contributed by atoms with Crippen LogP contribution in [0, 0.1) is 5.82 Å². The zero-order valence-corrected chi connectivity index (χ0v) is 15.6. The van der Waals surface area contributed by atoms with Gasteiger partial charge in [0.05, 0.1) is 19.0 Å². The number of carbonyl (C=O) groups excluding carboxylic acids is 1. The summed E-state index contributed by atoms with van der Waals surface area (Å²) >= 11 is 0. The molecule has 28 heavy (non-hydrogen) atoms. The maximum absolute atomic E-state index is 13.6. The Bertz CT molecular complexity index is 929. The minimum Gasteiger partial charge on any atom is -0.497 e. The lowest BCUT2D eigenvalue weighted by Gasteiger charge is -2.09. The summed E-state index contributed by atoms with van der Waals surface area (Å²) in [5, 5.41) is 5.95. The number of aromatic nitrogens is 1. The molecule has 0 fully saturated rings. The van der Waals surface area contributed by atoms with Gasteiger partial charge in [0.2, 0.25) is 0 Å². The third-order valence-corrected chi connectivity index (χ3v) is 4.27. The molecule has 0 bridgehead atoms. The standard InChI is InChI=1S/C22H22FN3O2/c1-28-19-7-4-5-16(13-19)11-12-24-18-9-10-21(25-15-18)22(27)26-14-17-6-2-3-8-20(17)23/h2-10,13,15,24H,11-12,14H2,1H3,(H,26,27). The van der Waals surface area contributed by atoms with Crippen LogP contribution in [0.1, 0.15) is 21.6 Å². The van der Waals surface area contributed by atoms with Crippen molar-refractivity contribution in [3.8, 4) is 5.75 Å². The van der Waals surface area contributed by atoms with Crippen LogP contribution in [0.2, 0.25) is 0 Å². The molecular weight excluding hydrogens is 357 g/mol. The molecule has 0 saturated carbocycles. The summed E-state index contributed by atoms with van der Waals surface area (Å²) in [6.07, 6.45) is 2.45. The Kier molecular flexibility index (Phi) is 6.57. The fourth-order valence-electron chi connectivity index (χ4n) is 2.72. The van der Waals surface area contributed by atoms with Gasteiger partial charge in [0.1, 0.15) is 17.3 Å². The molecule has 5 nitrogen and oxygen atoms in total. The number of carbonyl (C=O) groups is 1. The number of ether oxygens (including phenoxy) is 1. The molecule has 1 aromatic heterocycles. The van der Waals surface area contributed by atoms with E-state index in [0.29, 0.717) is 5.56 Å². The normalized spacial score (nSPS) is 10.4. The first-order valence-corrected chi connectivity index (χ1v) is 9.00. The Morgan fingerprint density at radius 2 is 1.96 bits per heavy atom. The highest BCUT2D eigenvalue weighted by Gasteiger charge is 2.08. The van der Waals surface area contributed by atoms with Crippen molar-refractivity contribution in [2.45, 2.75) is 13.0 Å². The van der Waals surface area contributed by atoms with Crippen LogP contribution in [-0.2, 0) is 13.0 Å². The zero-order valence-electron chi connectivity index (χ0n) is 15.6. The Morgan fingerprint density at radius 1 is 1.11 bits per heavy atom. The van der Waals surface area contributed by atoms with E-state index in [1.807, 2.05) is 24.3 Å². The highest BCUT2D eigenvalue weighted by molar-refractivity contribution is 5.92. The van der Waals surface area contributed by atoms with Crippen molar-refractivity contribution in [2.24, 2.45) is 0 Å². The Morgan fingerprint density at radius 3 is 2.71 bits per heavy atom. The molecule has 2 N–H and O–H groups in total. The number of anilines is 1. The van der Waals surface area contributed by atoms with E-state index < -0.39 is 0 Å². The number of pyridine rings is 1. The van der Waals surface area contributed by atoms with Crippen molar-refractivity contribution < 1.29 is 13.9 Å². The predicted molar refractivity (Wildman–Crippen MR) is 107 cm³/mol. The average molecular weight is 379 g/mol. The maximum Gasteiger partial charge on any atom is 0.270 e. The second kappa shape index (κ2) is 9.50. The number of amides is 1. The third kappa shape index (κ3) is 5.30. The third-order valence-electron chi connectivity index (χ3n) is 4.27. The molecule has 0 aliphatic rings. The molecule has 144 valence electrons. The Balaban J connectivity index is 1.48. The van der Waals surface area contributed by atoms with Crippen LogP contribution in [0.5, 0.6) is 5.75 Å². The highest BCUT2D eigenvalue weighted by Crippen LogP contribution is 2.13. The molecule has 6 heteroatoms. The van der Waals surface area contributed by atoms with Crippen molar-refractivity contribution in [3.05, 3.63) is 89.5 Å². The predicted octanol–water partition coefficient (Wildman–Crippen LogP) is 3.81. The number of rotatable bonds is 8. The smallest absolute Gasteiger partial charge is 0.270 e. The van der Waals surface area contributed by atoms with Gasteiger partial charge in [-0.25, -0.2) is 9.37 Å². The number of halogens is 1. The first-order valence-electron chi connectivity index (χ1n) is 9.00. The van der Waals surface area contributed by atoms with Gasteiger partial charge in [0.15, 0.2) is 0 Å². The molecule has 0 saturated heterocycles. The maximum atomic E-state index is 13.6. The summed E-state index contributed by atoms with van der Waals surface area (Å²) in [6.45, 7) is 0.849. The summed E-state index contributed by atoms with van der Waals surface area (Å²) in [4.78, 5) is 16.3. The number of hydrogen-bond donors (Lipinski definition) is 2. The summed E-state index contributed by atoms with van der Waals surface area (Å²) < 4.78 is 18.8. The van der Waals surface area contributed by atoms with Gasteiger partial charge in [-0.2, -0.15) is 0 Å². The fraction of sp³-hybridized carbons (Fsp3) is 0.182. The van der Waals surface area contributed by atoms with E-state index >= 15 is 0 Å². The molecule has 0 atom stereocenters. The average Bonchev–Trinajstić information content (AvgIpc) is 2.73. The van der Waals surface area contributed by atoms with Gasteiger partial charge in [-0.3, -0.25) is 4.79 Å². The van der Waals surface area contributed by atoms with Crippen molar-refractivity contribution >= 4 is 11.6 Å². The van der Waals surface area contributed by atoms with Crippen LogP contribution in [0.25, 0.3) is 0 Å². The Hall–Kier alpha value is -3.41. The molecule has 0 unspecified atom stereocenters. The monoisotopic (exact) mass is 379 g/mol. The quantitative estimate of drug-likeness (QED) is 0.625. The first-order chi connectivity index (χ1) is 13.7. The lowest BCUT2D eigenvalue weighted by Crippen LogP contribution is -2.24. The van der Waals surface area contributed by atoms with Crippen LogP contribution >= 0.6 is 0 Å². The fourth-order valence-corrected chi connectivity index (χ4v) is 2.72. The SMILES string of the molecule is COc1cccc(CCNc2ccc(C(=O)NCc3ccccc3F)nc2)c1. The summed E-state index contributed by atoms with van der Waals surface area (Å²) in [6, 6.07) is 17.7. The van der Waals surface area contributed by atoms with Gasteiger partial charge in [-0.05, 0) is 42.3 Å². The molecule has 0 aliphatic heterocycles. The summed E-state index contributed by atoms with van der Waals surface area (Å²) in [5.41, 5.74) is 2.72. The number of methoxy groups -OCH3 is 1. The number of nitrogens with one attached hydrogen (secondary N) is 2. The lowest BCUT2D eigenvalue weighted by molar-refractivity contribution is 0.0945. The van der Waals surface area contributed by atoms with E-state index in [1.54, 1.807) is 43.6 Å². The molecule has 0 aliphatic carbocycles. The van der Waals surface area contributed by atoms with Crippen molar-refractivity contribution in [1.82, 2.24) is 10.3 Å². The van der Waals surface area contributed by atoms with E-state index in [2.05, 4.69) is 15.6 Å². The van der Waals surface area contributed by atoms with E-state index in [0.717, 1.165) is 24.4 Å². The number of benzene rings is 2. The second-order valence-corrected chi connectivity index (χ2v) is 6.23. The molecule has 3 rings (SSSR count). The van der Waals surface area contributed by atoms with Crippen molar-refractivity contribution in [2.75, 3.05) is 19.0 Å². The van der Waals surface area contributed by atoms with E-state index in [9.17, 15) is 9.18 Å². The van der Waals surface area contributed by atoms with Gasteiger partial charge in [0.25, 0.3) is 5.91 Å². The van der Waals surface area contributed by atoms with Crippen LogP contribution in [-0.4, -0.2) is 24.5 Å². The van der Waals surface area contributed by atoms with Crippen LogP contribution in [0.4, 0.5) is 10.1 Å². The molecule has 3 aromatic rings. The highest BCUT2D eigenvalue weighted by atomic mass is 19.1. The van der Waals surface area contributed by atoms with Gasteiger partial charge < -0.3 is 15.4 Å². The number of hydrogen-bond acceptors (Lipinski definition) is 4. The van der Waals surface area contributed by atoms with E-state index in [4.69, 9.17) is 4.74 Å². The minimum atomic E-state index is -0.341. The first kappa shape index (κ1) is 19.4. The van der Waals surface area contributed by atoms with Gasteiger partial charge in [-0.1, -0.05) is 30.3 Å².